The van der Waals surface area contributed by atoms with Crippen LogP contribution >= 0.6 is 12.4 Å². The average molecular weight is 283 g/mol. The van der Waals surface area contributed by atoms with Crippen molar-refractivity contribution in [3.05, 3.63) is 35.6 Å². The first kappa shape index (κ1) is 15.5. The Labute approximate surface area is 119 Å². The van der Waals surface area contributed by atoms with E-state index in [1.807, 2.05) is 38.1 Å². The topological polar surface area (TPSA) is 59.5 Å². The highest BCUT2D eigenvalue weighted by Crippen LogP contribution is 2.25. The van der Waals surface area contributed by atoms with Gasteiger partial charge in [-0.25, -0.2) is 0 Å². The molecule has 2 N–H and O–H groups in total. The maximum Gasteiger partial charge on any atom is 0.289 e. The summed E-state index contributed by atoms with van der Waals surface area (Å²) in [6, 6.07) is 7.64. The normalized spacial score (nSPS) is 12.0. The third kappa shape index (κ3) is 2.74. The fourth-order valence-corrected chi connectivity index (χ4v) is 1.90. The molecule has 1 heterocycles. The third-order valence-electron chi connectivity index (χ3n) is 3.36. The summed E-state index contributed by atoms with van der Waals surface area (Å²) in [7, 11) is 1.74. The molecule has 0 radical (unpaired) electrons. The molecular formula is C14H19ClN2O2. The summed E-state index contributed by atoms with van der Waals surface area (Å²) < 4.78 is 5.64. The monoisotopic (exact) mass is 282 g/mol. The number of aryl methyl sites for hydroxylation is 1. The number of rotatable bonds is 3. The predicted molar refractivity (Wildman–Crippen MR) is 78.8 cm³/mol. The summed E-state index contributed by atoms with van der Waals surface area (Å²) in [4.78, 5) is 13.9. The fraction of sp³-hybridized carbons (Fsp3) is 0.357. The van der Waals surface area contributed by atoms with E-state index >= 15 is 0 Å². The molecule has 19 heavy (non-hydrogen) atoms. The average Bonchev–Trinajstić information content (AvgIpc) is 2.74. The molecule has 1 unspecified atom stereocenters. The Hall–Kier alpha value is -1.52. The second-order valence-electron chi connectivity index (χ2n) is 4.55. The molecule has 0 bridgehead atoms. The lowest BCUT2D eigenvalue weighted by Crippen LogP contribution is -2.39. The molecule has 1 amide bonds. The van der Waals surface area contributed by atoms with Gasteiger partial charge < -0.3 is 15.1 Å². The van der Waals surface area contributed by atoms with Gasteiger partial charge in [0, 0.05) is 30.6 Å². The Balaban J connectivity index is 0.00000180. The van der Waals surface area contributed by atoms with Gasteiger partial charge in [0.25, 0.3) is 5.91 Å². The first-order chi connectivity index (χ1) is 8.56. The smallest absolute Gasteiger partial charge is 0.289 e. The highest BCUT2D eigenvalue weighted by molar-refractivity contribution is 5.98. The van der Waals surface area contributed by atoms with Crippen LogP contribution in [0.25, 0.3) is 11.0 Å². The van der Waals surface area contributed by atoms with E-state index in [9.17, 15) is 4.79 Å². The number of nitrogens with two attached hydrogens (primary N) is 1. The number of halogens is 1. The Morgan fingerprint density at radius 1 is 1.42 bits per heavy atom. The number of hydrogen-bond donors (Lipinski definition) is 1. The third-order valence-corrected chi connectivity index (χ3v) is 3.36. The lowest BCUT2D eigenvalue weighted by molar-refractivity contribution is 0.0717. The van der Waals surface area contributed by atoms with Gasteiger partial charge in [0.05, 0.1) is 0 Å². The largest absolute Gasteiger partial charge is 0.451 e. The molecule has 2 rings (SSSR count). The van der Waals surface area contributed by atoms with E-state index < -0.39 is 0 Å². The summed E-state index contributed by atoms with van der Waals surface area (Å²) in [5, 5.41) is 0.981. The number of benzene rings is 1. The first-order valence-electron chi connectivity index (χ1n) is 6.01. The number of fused-ring (bicyclic) bond motifs is 1. The number of hydrogen-bond acceptors (Lipinski definition) is 3. The van der Waals surface area contributed by atoms with Gasteiger partial charge in [-0.05, 0) is 19.9 Å². The van der Waals surface area contributed by atoms with Crippen LogP contribution in [-0.4, -0.2) is 30.4 Å². The quantitative estimate of drug-likeness (QED) is 0.941. The van der Waals surface area contributed by atoms with Crippen molar-refractivity contribution in [1.29, 1.82) is 0 Å². The Bertz CT molecular complexity index is 580. The molecule has 1 aromatic heterocycles. The van der Waals surface area contributed by atoms with Crippen LogP contribution in [0, 0.1) is 6.92 Å². The molecule has 0 saturated carbocycles. The summed E-state index contributed by atoms with van der Waals surface area (Å²) in [6.07, 6.45) is 0. The number of para-hydroxylation sites is 1. The van der Waals surface area contributed by atoms with Gasteiger partial charge in [0.15, 0.2) is 5.76 Å². The maximum absolute atomic E-state index is 12.3. The van der Waals surface area contributed by atoms with Crippen LogP contribution in [-0.2, 0) is 0 Å². The van der Waals surface area contributed by atoms with Crippen molar-refractivity contribution in [2.24, 2.45) is 5.73 Å². The Morgan fingerprint density at radius 2 is 2.05 bits per heavy atom. The standard InChI is InChI=1S/C14H18N2O2.ClH/c1-9(8-15)16(3)14(17)13-10(2)11-6-4-5-7-12(11)18-13;/h4-7,9H,8,15H2,1-3H3;1H. The Morgan fingerprint density at radius 3 is 2.63 bits per heavy atom. The summed E-state index contributed by atoms with van der Waals surface area (Å²) in [5.74, 6) is 0.278. The predicted octanol–water partition coefficient (Wildman–Crippen LogP) is 2.58. The maximum atomic E-state index is 12.3. The summed E-state index contributed by atoms with van der Waals surface area (Å²) in [5.41, 5.74) is 7.20. The number of nitrogens with zero attached hydrogens (tertiary/aromatic N) is 1. The molecule has 0 aliphatic heterocycles. The molecule has 0 fully saturated rings. The van der Waals surface area contributed by atoms with Crippen LogP contribution in [0.3, 0.4) is 0 Å². The zero-order valence-corrected chi connectivity index (χ0v) is 12.2. The molecule has 5 heteroatoms. The van der Waals surface area contributed by atoms with Crippen molar-refractivity contribution in [1.82, 2.24) is 4.90 Å². The lowest BCUT2D eigenvalue weighted by Gasteiger charge is -2.22. The molecule has 4 nitrogen and oxygen atoms in total. The molecule has 1 aromatic carbocycles. The van der Waals surface area contributed by atoms with E-state index in [2.05, 4.69) is 0 Å². The molecule has 0 saturated heterocycles. The lowest BCUT2D eigenvalue weighted by atomic mass is 10.1. The molecule has 0 spiro atoms. The molecule has 0 aliphatic rings. The minimum absolute atomic E-state index is 0. The number of carbonyl (C=O) groups is 1. The molecule has 1 atom stereocenters. The number of likely N-dealkylation sites (N-methyl/N-ethyl adjacent to an activating group) is 1. The Kier molecular flexibility index (Phi) is 4.97. The second kappa shape index (κ2) is 6.08. The highest BCUT2D eigenvalue weighted by Gasteiger charge is 2.23. The zero-order chi connectivity index (χ0) is 13.3. The van der Waals surface area contributed by atoms with Crippen LogP contribution in [0.2, 0.25) is 0 Å². The number of carbonyl (C=O) groups excluding carboxylic acids is 1. The van der Waals surface area contributed by atoms with Crippen LogP contribution < -0.4 is 5.73 Å². The summed E-state index contributed by atoms with van der Waals surface area (Å²) in [6.45, 7) is 4.25. The summed E-state index contributed by atoms with van der Waals surface area (Å²) >= 11 is 0. The van der Waals surface area contributed by atoms with E-state index in [1.54, 1.807) is 11.9 Å². The van der Waals surface area contributed by atoms with Crippen LogP contribution in [0.5, 0.6) is 0 Å². The first-order valence-corrected chi connectivity index (χ1v) is 6.01. The van der Waals surface area contributed by atoms with Crippen LogP contribution in [0.15, 0.2) is 28.7 Å². The van der Waals surface area contributed by atoms with Gasteiger partial charge >= 0.3 is 0 Å². The molecule has 2 aromatic rings. The van der Waals surface area contributed by atoms with E-state index in [1.165, 1.54) is 0 Å². The van der Waals surface area contributed by atoms with Crippen molar-refractivity contribution in [2.75, 3.05) is 13.6 Å². The minimum Gasteiger partial charge on any atom is -0.451 e. The van der Waals surface area contributed by atoms with Crippen molar-refractivity contribution >= 4 is 29.3 Å². The second-order valence-corrected chi connectivity index (χ2v) is 4.55. The number of furan rings is 1. The van der Waals surface area contributed by atoms with Gasteiger partial charge in [0.1, 0.15) is 5.58 Å². The minimum atomic E-state index is -0.123. The SMILES string of the molecule is Cc1c(C(=O)N(C)C(C)CN)oc2ccccc12.Cl. The van der Waals surface area contributed by atoms with Gasteiger partial charge in [0.2, 0.25) is 0 Å². The molecular weight excluding hydrogens is 264 g/mol. The van der Waals surface area contributed by atoms with Crippen LogP contribution in [0.4, 0.5) is 0 Å². The van der Waals surface area contributed by atoms with E-state index in [0.717, 1.165) is 16.5 Å². The van der Waals surface area contributed by atoms with Crippen molar-refractivity contribution in [3.63, 3.8) is 0 Å². The van der Waals surface area contributed by atoms with E-state index in [-0.39, 0.29) is 24.4 Å². The van der Waals surface area contributed by atoms with Crippen LogP contribution in [0.1, 0.15) is 23.0 Å². The van der Waals surface area contributed by atoms with Gasteiger partial charge in [-0.2, -0.15) is 0 Å². The number of amides is 1. The highest BCUT2D eigenvalue weighted by atomic mass is 35.5. The molecule has 104 valence electrons. The molecule has 0 aliphatic carbocycles. The van der Waals surface area contributed by atoms with E-state index in [4.69, 9.17) is 10.2 Å². The van der Waals surface area contributed by atoms with Gasteiger partial charge in [-0.3, -0.25) is 4.79 Å². The van der Waals surface area contributed by atoms with Crippen molar-refractivity contribution in [2.45, 2.75) is 19.9 Å². The van der Waals surface area contributed by atoms with Gasteiger partial charge in [-0.1, -0.05) is 18.2 Å². The van der Waals surface area contributed by atoms with Gasteiger partial charge in [-0.15, -0.1) is 12.4 Å². The van der Waals surface area contributed by atoms with E-state index in [0.29, 0.717) is 12.3 Å². The zero-order valence-electron chi connectivity index (χ0n) is 11.3. The van der Waals surface area contributed by atoms with Crippen molar-refractivity contribution < 1.29 is 9.21 Å². The fourth-order valence-electron chi connectivity index (χ4n) is 1.90. The van der Waals surface area contributed by atoms with Crippen molar-refractivity contribution in [3.8, 4) is 0 Å².